The van der Waals surface area contributed by atoms with E-state index in [1.165, 1.54) is 12.1 Å². The fraction of sp³-hybridized carbons (Fsp3) is 0.188. The number of phenolic OH excluding ortho intramolecular Hbond substituents is 1. The molecule has 0 atom stereocenters. The van der Waals surface area contributed by atoms with E-state index in [0.717, 1.165) is 0 Å². The summed E-state index contributed by atoms with van der Waals surface area (Å²) in [7, 11) is 0. The quantitative estimate of drug-likeness (QED) is 0.739. The Morgan fingerprint density at radius 2 is 2.00 bits per heavy atom. The average molecular weight is 305 g/mol. The van der Waals surface area contributed by atoms with Crippen LogP contribution in [0.5, 0.6) is 5.75 Å². The third-order valence-electron chi connectivity index (χ3n) is 3.39. The van der Waals surface area contributed by atoms with Gasteiger partial charge in [-0.15, -0.1) is 0 Å². The number of halogens is 2. The third-order valence-corrected chi connectivity index (χ3v) is 3.62. The lowest BCUT2D eigenvalue weighted by atomic mass is 10.2. The van der Waals surface area contributed by atoms with Crippen LogP contribution in [0.4, 0.5) is 4.39 Å². The fourth-order valence-corrected chi connectivity index (χ4v) is 2.66. The summed E-state index contributed by atoms with van der Waals surface area (Å²) in [4.78, 5) is 4.37. The summed E-state index contributed by atoms with van der Waals surface area (Å²) >= 11 is 6.01. The number of imidazole rings is 1. The minimum Gasteiger partial charge on any atom is -0.507 e. The van der Waals surface area contributed by atoms with Crippen molar-refractivity contribution in [1.82, 2.24) is 9.55 Å². The van der Waals surface area contributed by atoms with E-state index in [2.05, 4.69) is 4.98 Å². The minimum atomic E-state index is -0.380. The predicted molar refractivity (Wildman–Crippen MR) is 82.2 cm³/mol. The van der Waals surface area contributed by atoms with E-state index in [9.17, 15) is 9.50 Å². The molecule has 1 N–H and O–H groups in total. The molecule has 1 heterocycles. The number of phenols is 1. The first kappa shape index (κ1) is 13.9. The number of aromatic hydroxyl groups is 1. The summed E-state index contributed by atoms with van der Waals surface area (Å²) in [6.07, 6.45) is 0. The second-order valence-corrected chi connectivity index (χ2v) is 5.60. The largest absolute Gasteiger partial charge is 0.507 e. The molecule has 0 amide bonds. The summed E-state index contributed by atoms with van der Waals surface area (Å²) in [6.45, 7) is 3.97. The fourth-order valence-electron chi connectivity index (χ4n) is 2.48. The van der Waals surface area contributed by atoms with Crippen molar-refractivity contribution < 1.29 is 9.50 Å². The molecule has 0 radical (unpaired) electrons. The normalized spacial score (nSPS) is 11.5. The lowest BCUT2D eigenvalue weighted by molar-refractivity contribution is 0.476. The summed E-state index contributed by atoms with van der Waals surface area (Å²) in [5, 5.41) is 10.6. The van der Waals surface area contributed by atoms with Crippen LogP contribution >= 0.6 is 11.6 Å². The Kier molecular flexibility index (Phi) is 3.33. The molecule has 0 saturated carbocycles. The molecule has 0 saturated heterocycles. The van der Waals surface area contributed by atoms with E-state index in [1.807, 2.05) is 24.5 Å². The first-order valence-corrected chi connectivity index (χ1v) is 7.02. The highest BCUT2D eigenvalue weighted by Gasteiger charge is 2.19. The van der Waals surface area contributed by atoms with Gasteiger partial charge in [-0.25, -0.2) is 9.37 Å². The third kappa shape index (κ3) is 2.25. The summed E-state index contributed by atoms with van der Waals surface area (Å²) in [5.74, 6) is 0.191. The van der Waals surface area contributed by atoms with Gasteiger partial charge in [-0.2, -0.15) is 0 Å². The summed E-state index contributed by atoms with van der Waals surface area (Å²) in [5.41, 5.74) is 1.48. The highest BCUT2D eigenvalue weighted by atomic mass is 35.5. The molecule has 0 spiro atoms. The topological polar surface area (TPSA) is 38.0 Å². The molecule has 0 aliphatic rings. The minimum absolute atomic E-state index is 0.0604. The van der Waals surface area contributed by atoms with Gasteiger partial charge in [0.05, 0.1) is 11.1 Å². The van der Waals surface area contributed by atoms with E-state index in [4.69, 9.17) is 11.6 Å². The van der Waals surface area contributed by atoms with Crippen LogP contribution in [0, 0.1) is 5.82 Å². The zero-order valence-corrected chi connectivity index (χ0v) is 12.4. The molecule has 3 aromatic rings. The van der Waals surface area contributed by atoms with E-state index in [1.54, 1.807) is 18.2 Å². The number of aromatic nitrogens is 2. The van der Waals surface area contributed by atoms with E-state index >= 15 is 0 Å². The molecule has 21 heavy (non-hydrogen) atoms. The SMILES string of the molecule is CC(C)n1c(-c2cc(Cl)ccc2O)nc2c(F)cccc21. The van der Waals surface area contributed by atoms with Gasteiger partial charge in [-0.05, 0) is 44.2 Å². The summed E-state index contributed by atoms with van der Waals surface area (Å²) < 4.78 is 15.9. The van der Waals surface area contributed by atoms with Crippen molar-refractivity contribution in [2.24, 2.45) is 0 Å². The van der Waals surface area contributed by atoms with E-state index in [0.29, 0.717) is 27.4 Å². The Bertz CT molecular complexity index is 827. The number of hydrogen-bond donors (Lipinski definition) is 1. The van der Waals surface area contributed by atoms with Crippen LogP contribution in [-0.4, -0.2) is 14.7 Å². The van der Waals surface area contributed by atoms with Gasteiger partial charge in [0.25, 0.3) is 0 Å². The van der Waals surface area contributed by atoms with Gasteiger partial charge >= 0.3 is 0 Å². The lowest BCUT2D eigenvalue weighted by Crippen LogP contribution is -2.03. The van der Waals surface area contributed by atoms with Gasteiger partial charge in [0.1, 0.15) is 17.1 Å². The van der Waals surface area contributed by atoms with Crippen LogP contribution in [0.1, 0.15) is 19.9 Å². The maximum atomic E-state index is 14.0. The summed E-state index contributed by atoms with van der Waals surface area (Å²) in [6, 6.07) is 9.65. The van der Waals surface area contributed by atoms with Gasteiger partial charge in [0.15, 0.2) is 5.82 Å². The van der Waals surface area contributed by atoms with Crippen molar-refractivity contribution in [3.05, 3.63) is 47.2 Å². The molecule has 5 heteroatoms. The number of para-hydroxylation sites is 1. The van der Waals surface area contributed by atoms with E-state index < -0.39 is 0 Å². The van der Waals surface area contributed by atoms with Crippen LogP contribution in [0.25, 0.3) is 22.4 Å². The standard InChI is InChI=1S/C16H14ClFN2O/c1-9(2)20-13-5-3-4-12(18)15(13)19-16(20)11-8-10(17)6-7-14(11)21/h3-9,21H,1-2H3. The Labute approximate surface area is 126 Å². The Hall–Kier alpha value is -2.07. The van der Waals surface area contributed by atoms with Crippen molar-refractivity contribution in [1.29, 1.82) is 0 Å². The van der Waals surface area contributed by atoms with Crippen molar-refractivity contribution in [2.45, 2.75) is 19.9 Å². The van der Waals surface area contributed by atoms with Gasteiger partial charge in [0, 0.05) is 11.1 Å². The molecule has 0 aliphatic carbocycles. The smallest absolute Gasteiger partial charge is 0.151 e. The molecule has 1 aromatic heterocycles. The maximum absolute atomic E-state index is 14.0. The number of fused-ring (bicyclic) bond motifs is 1. The molecule has 108 valence electrons. The molecular formula is C16H14ClFN2O. The molecule has 0 unspecified atom stereocenters. The molecular weight excluding hydrogens is 291 g/mol. The second-order valence-electron chi connectivity index (χ2n) is 5.17. The van der Waals surface area contributed by atoms with Crippen molar-refractivity contribution >= 4 is 22.6 Å². The molecule has 0 bridgehead atoms. The molecule has 3 rings (SSSR count). The Balaban J connectivity index is 2.39. The molecule has 2 aromatic carbocycles. The van der Waals surface area contributed by atoms with Crippen molar-refractivity contribution in [3.8, 4) is 17.1 Å². The zero-order valence-electron chi connectivity index (χ0n) is 11.6. The van der Waals surface area contributed by atoms with Gasteiger partial charge < -0.3 is 9.67 Å². The average Bonchev–Trinajstić information content (AvgIpc) is 2.82. The first-order valence-electron chi connectivity index (χ1n) is 6.64. The number of nitrogens with zero attached hydrogens (tertiary/aromatic N) is 2. The Morgan fingerprint density at radius 1 is 1.24 bits per heavy atom. The van der Waals surface area contributed by atoms with Gasteiger partial charge in [-0.3, -0.25) is 0 Å². The predicted octanol–water partition coefficient (Wildman–Crippen LogP) is 4.78. The second kappa shape index (κ2) is 5.04. The molecule has 3 nitrogen and oxygen atoms in total. The number of hydrogen-bond acceptors (Lipinski definition) is 2. The van der Waals surface area contributed by atoms with Gasteiger partial charge in [-0.1, -0.05) is 17.7 Å². The molecule has 0 fully saturated rings. The van der Waals surface area contributed by atoms with Crippen molar-refractivity contribution in [2.75, 3.05) is 0 Å². The van der Waals surface area contributed by atoms with Crippen LogP contribution in [0.15, 0.2) is 36.4 Å². The number of benzene rings is 2. The van der Waals surface area contributed by atoms with E-state index in [-0.39, 0.29) is 17.6 Å². The van der Waals surface area contributed by atoms with Crippen LogP contribution < -0.4 is 0 Å². The first-order chi connectivity index (χ1) is 9.99. The highest BCUT2D eigenvalue weighted by molar-refractivity contribution is 6.30. The van der Waals surface area contributed by atoms with Gasteiger partial charge in [0.2, 0.25) is 0 Å². The molecule has 0 aliphatic heterocycles. The zero-order chi connectivity index (χ0) is 15.1. The monoisotopic (exact) mass is 304 g/mol. The van der Waals surface area contributed by atoms with Crippen LogP contribution in [0.2, 0.25) is 5.02 Å². The number of rotatable bonds is 2. The Morgan fingerprint density at radius 3 is 2.71 bits per heavy atom. The maximum Gasteiger partial charge on any atom is 0.151 e. The lowest BCUT2D eigenvalue weighted by Gasteiger charge is -2.14. The van der Waals surface area contributed by atoms with Crippen molar-refractivity contribution in [3.63, 3.8) is 0 Å². The highest BCUT2D eigenvalue weighted by Crippen LogP contribution is 2.35. The van der Waals surface area contributed by atoms with Crippen LogP contribution in [0.3, 0.4) is 0 Å². The van der Waals surface area contributed by atoms with Crippen LogP contribution in [-0.2, 0) is 0 Å².